The zero-order valence-electron chi connectivity index (χ0n) is 10.9. The first-order valence-electron chi connectivity index (χ1n) is 6.92. The molecule has 0 aliphatic carbocycles. The molecule has 3 rings (SSSR count). The van der Waals surface area contributed by atoms with E-state index in [1.165, 1.54) is 12.8 Å². The average Bonchev–Trinajstić information content (AvgIpc) is 3.03. The first kappa shape index (κ1) is 11.8. The second kappa shape index (κ2) is 5.14. The molecule has 2 unspecified atom stereocenters. The topological polar surface area (TPSA) is 37.4 Å². The summed E-state index contributed by atoms with van der Waals surface area (Å²) in [6, 6.07) is 4.67. The number of hydrogen-bond acceptors (Lipinski definition) is 4. The molecule has 0 radical (unpaired) electrons. The summed E-state index contributed by atoms with van der Waals surface area (Å²) in [5, 5.41) is 3.50. The van der Waals surface area contributed by atoms with E-state index >= 15 is 0 Å². The van der Waals surface area contributed by atoms with Crippen LogP contribution in [0.2, 0.25) is 0 Å². The Bertz CT molecular complexity index is 387. The van der Waals surface area contributed by atoms with Gasteiger partial charge >= 0.3 is 0 Å². The molecule has 2 aliphatic rings. The van der Waals surface area contributed by atoms with Crippen molar-refractivity contribution in [2.75, 3.05) is 29.9 Å². The van der Waals surface area contributed by atoms with Gasteiger partial charge in [-0.05, 0) is 38.3 Å². The van der Waals surface area contributed by atoms with Crippen LogP contribution in [-0.4, -0.2) is 36.8 Å². The molecule has 3 heterocycles. The van der Waals surface area contributed by atoms with Crippen molar-refractivity contribution in [1.82, 2.24) is 4.98 Å². The highest BCUT2D eigenvalue weighted by Crippen LogP contribution is 2.22. The highest BCUT2D eigenvalue weighted by Gasteiger charge is 2.23. The van der Waals surface area contributed by atoms with E-state index in [4.69, 9.17) is 4.74 Å². The Balaban J connectivity index is 1.63. The molecule has 4 nitrogen and oxygen atoms in total. The Morgan fingerprint density at radius 1 is 1.33 bits per heavy atom. The molecule has 0 amide bonds. The number of ether oxygens (including phenoxy) is 1. The van der Waals surface area contributed by atoms with Crippen molar-refractivity contribution in [3.63, 3.8) is 0 Å². The first-order valence-corrected chi connectivity index (χ1v) is 6.92. The van der Waals surface area contributed by atoms with Crippen molar-refractivity contribution in [3.05, 3.63) is 18.3 Å². The maximum Gasteiger partial charge on any atom is 0.128 e. The number of nitrogens with one attached hydrogen (secondary N) is 1. The number of aromatic nitrogens is 1. The third-order valence-electron chi connectivity index (χ3n) is 3.91. The molecule has 2 fully saturated rings. The molecule has 0 spiro atoms. The molecule has 0 saturated carbocycles. The summed E-state index contributed by atoms with van der Waals surface area (Å²) in [6.07, 6.45) is 5.90. The lowest BCUT2D eigenvalue weighted by atomic mass is 10.1. The second-order valence-corrected chi connectivity index (χ2v) is 5.21. The smallest absolute Gasteiger partial charge is 0.128 e. The van der Waals surface area contributed by atoms with Crippen LogP contribution in [0, 0.1) is 0 Å². The van der Waals surface area contributed by atoms with Crippen LogP contribution >= 0.6 is 0 Å². The summed E-state index contributed by atoms with van der Waals surface area (Å²) < 4.78 is 5.55. The predicted molar refractivity (Wildman–Crippen MR) is 73.1 cm³/mol. The summed E-state index contributed by atoms with van der Waals surface area (Å²) in [5.74, 6) is 1.11. The Morgan fingerprint density at radius 2 is 2.17 bits per heavy atom. The molecule has 2 saturated heterocycles. The molecule has 2 aliphatic heterocycles. The molecule has 1 N–H and O–H groups in total. The first-order chi connectivity index (χ1) is 8.83. The van der Waals surface area contributed by atoms with E-state index in [0.717, 1.165) is 37.6 Å². The van der Waals surface area contributed by atoms with E-state index in [-0.39, 0.29) is 0 Å². The van der Waals surface area contributed by atoms with Gasteiger partial charge in [0.15, 0.2) is 0 Å². The van der Waals surface area contributed by atoms with Crippen molar-refractivity contribution in [1.29, 1.82) is 0 Å². The molecular formula is C14H21N3O. The molecule has 1 aromatic heterocycles. The summed E-state index contributed by atoms with van der Waals surface area (Å²) in [4.78, 5) is 6.90. The van der Waals surface area contributed by atoms with Crippen LogP contribution in [0.5, 0.6) is 0 Å². The van der Waals surface area contributed by atoms with Crippen LogP contribution < -0.4 is 10.2 Å². The number of anilines is 2. The maximum absolute atomic E-state index is 5.55. The maximum atomic E-state index is 5.55. The molecule has 0 bridgehead atoms. The van der Waals surface area contributed by atoms with Gasteiger partial charge in [-0.15, -0.1) is 0 Å². The van der Waals surface area contributed by atoms with Gasteiger partial charge in [-0.1, -0.05) is 0 Å². The molecule has 2 atom stereocenters. The highest BCUT2D eigenvalue weighted by molar-refractivity contribution is 5.49. The lowest BCUT2D eigenvalue weighted by Gasteiger charge is -2.19. The summed E-state index contributed by atoms with van der Waals surface area (Å²) in [5.41, 5.74) is 1.10. The van der Waals surface area contributed by atoms with Gasteiger partial charge in [0.05, 0.1) is 24.0 Å². The van der Waals surface area contributed by atoms with E-state index in [1.807, 2.05) is 6.20 Å². The Kier molecular flexibility index (Phi) is 3.37. The molecule has 0 aromatic carbocycles. The van der Waals surface area contributed by atoms with Gasteiger partial charge in [0.25, 0.3) is 0 Å². The molecule has 98 valence electrons. The lowest BCUT2D eigenvalue weighted by Crippen LogP contribution is -2.26. The van der Waals surface area contributed by atoms with Gasteiger partial charge in [0, 0.05) is 19.7 Å². The van der Waals surface area contributed by atoms with Crippen LogP contribution in [0.15, 0.2) is 18.3 Å². The van der Waals surface area contributed by atoms with Gasteiger partial charge < -0.3 is 15.0 Å². The minimum atomic E-state index is 0.295. The monoisotopic (exact) mass is 247 g/mol. The standard InChI is InChI=1S/C14H21N3O/c1-11-13(6-9-18-11)16-12-4-5-14(15-10-12)17-7-2-3-8-17/h4-5,10-11,13,16H,2-3,6-9H2,1H3. The Labute approximate surface area is 108 Å². The average molecular weight is 247 g/mol. The van der Waals surface area contributed by atoms with Gasteiger partial charge in [-0.2, -0.15) is 0 Å². The number of nitrogens with zero attached hydrogens (tertiary/aromatic N) is 2. The quantitative estimate of drug-likeness (QED) is 0.889. The Hall–Kier alpha value is -1.29. The highest BCUT2D eigenvalue weighted by atomic mass is 16.5. The van der Waals surface area contributed by atoms with E-state index in [2.05, 4.69) is 34.3 Å². The molecular weight excluding hydrogens is 226 g/mol. The van der Waals surface area contributed by atoms with Crippen molar-refractivity contribution in [2.45, 2.75) is 38.3 Å². The SMILES string of the molecule is CC1OCCC1Nc1ccc(N2CCCC2)nc1. The van der Waals surface area contributed by atoms with E-state index < -0.39 is 0 Å². The fraction of sp³-hybridized carbons (Fsp3) is 0.643. The predicted octanol–water partition coefficient (Wildman–Crippen LogP) is 2.27. The fourth-order valence-electron chi connectivity index (χ4n) is 2.74. The van der Waals surface area contributed by atoms with Crippen LogP contribution in [0.4, 0.5) is 11.5 Å². The fourth-order valence-corrected chi connectivity index (χ4v) is 2.74. The van der Waals surface area contributed by atoms with E-state index in [1.54, 1.807) is 0 Å². The number of pyridine rings is 1. The summed E-state index contributed by atoms with van der Waals surface area (Å²) in [7, 11) is 0. The number of rotatable bonds is 3. The largest absolute Gasteiger partial charge is 0.378 e. The minimum Gasteiger partial charge on any atom is -0.378 e. The van der Waals surface area contributed by atoms with Crippen molar-refractivity contribution < 1.29 is 4.74 Å². The van der Waals surface area contributed by atoms with Crippen LogP contribution in [0.25, 0.3) is 0 Å². The minimum absolute atomic E-state index is 0.295. The molecule has 1 aromatic rings. The molecule has 4 heteroatoms. The zero-order valence-corrected chi connectivity index (χ0v) is 10.9. The van der Waals surface area contributed by atoms with E-state index in [9.17, 15) is 0 Å². The van der Waals surface area contributed by atoms with Crippen LogP contribution in [0.1, 0.15) is 26.2 Å². The molecule has 18 heavy (non-hydrogen) atoms. The summed E-state index contributed by atoms with van der Waals surface area (Å²) in [6.45, 7) is 5.27. The zero-order chi connectivity index (χ0) is 12.4. The second-order valence-electron chi connectivity index (χ2n) is 5.21. The lowest BCUT2D eigenvalue weighted by molar-refractivity contribution is 0.121. The van der Waals surface area contributed by atoms with Gasteiger partial charge in [-0.25, -0.2) is 4.98 Å². The van der Waals surface area contributed by atoms with Gasteiger partial charge in [0.1, 0.15) is 5.82 Å². The van der Waals surface area contributed by atoms with E-state index in [0.29, 0.717) is 12.1 Å². The third-order valence-corrected chi connectivity index (χ3v) is 3.91. The van der Waals surface area contributed by atoms with Crippen molar-refractivity contribution in [2.24, 2.45) is 0 Å². The third kappa shape index (κ3) is 2.43. The van der Waals surface area contributed by atoms with Gasteiger partial charge in [-0.3, -0.25) is 0 Å². The number of hydrogen-bond donors (Lipinski definition) is 1. The van der Waals surface area contributed by atoms with Crippen molar-refractivity contribution >= 4 is 11.5 Å². The summed E-state index contributed by atoms with van der Waals surface area (Å²) >= 11 is 0. The van der Waals surface area contributed by atoms with Gasteiger partial charge in [0.2, 0.25) is 0 Å². The van der Waals surface area contributed by atoms with Crippen LogP contribution in [-0.2, 0) is 4.74 Å². The Morgan fingerprint density at radius 3 is 2.78 bits per heavy atom. The normalized spacial score (nSPS) is 27.7. The van der Waals surface area contributed by atoms with Crippen molar-refractivity contribution in [3.8, 4) is 0 Å². The van der Waals surface area contributed by atoms with Crippen LogP contribution in [0.3, 0.4) is 0 Å².